The molecule has 4 rings (SSSR count). The van der Waals surface area contributed by atoms with Crippen LogP contribution in [0.3, 0.4) is 0 Å². The van der Waals surface area contributed by atoms with Gasteiger partial charge < -0.3 is 4.42 Å². The molecular formula is C25H26O. The predicted molar refractivity (Wildman–Crippen MR) is 110 cm³/mol. The Bertz CT molecular complexity index is 992. The topological polar surface area (TPSA) is 13.1 Å². The second kappa shape index (κ2) is 6.02. The average molecular weight is 342 g/mol. The molecular weight excluding hydrogens is 316 g/mol. The number of furan rings is 1. The molecule has 0 saturated carbocycles. The largest absolute Gasteiger partial charge is 0.464 e. The number of fused-ring (bicyclic) bond motifs is 1. The van der Waals surface area contributed by atoms with Gasteiger partial charge in [0.2, 0.25) is 0 Å². The zero-order valence-corrected chi connectivity index (χ0v) is 16.3. The molecule has 1 aromatic heterocycles. The monoisotopic (exact) mass is 342 g/mol. The lowest BCUT2D eigenvalue weighted by Gasteiger charge is -2.19. The molecule has 1 aliphatic carbocycles. The van der Waals surface area contributed by atoms with Gasteiger partial charge in [-0.2, -0.15) is 0 Å². The summed E-state index contributed by atoms with van der Waals surface area (Å²) in [6, 6.07) is 15.6. The molecule has 0 aliphatic heterocycles. The summed E-state index contributed by atoms with van der Waals surface area (Å²) in [5.41, 5.74) is 10.6. The van der Waals surface area contributed by atoms with Crippen LogP contribution in [-0.2, 0) is 11.8 Å². The Morgan fingerprint density at radius 1 is 0.923 bits per heavy atom. The second-order valence-electron chi connectivity index (χ2n) is 8.42. The van der Waals surface area contributed by atoms with Gasteiger partial charge in [-0.05, 0) is 64.3 Å². The van der Waals surface area contributed by atoms with Crippen LogP contribution in [0.2, 0.25) is 0 Å². The number of allylic oxidation sites excluding steroid dienone is 1. The Hall–Kier alpha value is -2.54. The number of aryl methyl sites for hydroxylation is 1. The molecule has 3 aromatic rings. The summed E-state index contributed by atoms with van der Waals surface area (Å²) in [5, 5.41) is 0. The molecule has 0 amide bonds. The minimum absolute atomic E-state index is 0.181. The van der Waals surface area contributed by atoms with Crippen LogP contribution >= 0.6 is 0 Å². The SMILES string of the molecule is Cc1coc(C2=Cc3cccc(-c4ccc(C(C)(C)C)cc4)c3C2)c1C. The third-order valence-electron chi connectivity index (χ3n) is 5.55. The van der Waals surface area contributed by atoms with Crippen molar-refractivity contribution in [3.63, 3.8) is 0 Å². The fraction of sp³-hybridized carbons (Fsp3) is 0.280. The maximum absolute atomic E-state index is 5.84. The summed E-state index contributed by atoms with van der Waals surface area (Å²) < 4.78 is 5.84. The number of rotatable bonds is 2. The molecule has 1 nitrogen and oxygen atoms in total. The molecule has 0 radical (unpaired) electrons. The highest BCUT2D eigenvalue weighted by molar-refractivity contribution is 5.91. The van der Waals surface area contributed by atoms with Gasteiger partial charge in [-0.3, -0.25) is 0 Å². The van der Waals surface area contributed by atoms with Crippen molar-refractivity contribution in [2.75, 3.05) is 0 Å². The molecule has 0 fully saturated rings. The van der Waals surface area contributed by atoms with Gasteiger partial charge in [0.05, 0.1) is 6.26 Å². The van der Waals surface area contributed by atoms with Gasteiger partial charge in [-0.15, -0.1) is 0 Å². The van der Waals surface area contributed by atoms with Gasteiger partial charge in [0.15, 0.2) is 0 Å². The van der Waals surface area contributed by atoms with Crippen LogP contribution in [0.1, 0.15) is 54.3 Å². The van der Waals surface area contributed by atoms with Crippen molar-refractivity contribution in [2.24, 2.45) is 0 Å². The molecule has 2 aromatic carbocycles. The Balaban J connectivity index is 1.71. The fourth-order valence-corrected chi connectivity index (χ4v) is 3.75. The normalized spacial score (nSPS) is 13.7. The molecule has 26 heavy (non-hydrogen) atoms. The average Bonchev–Trinajstić information content (AvgIpc) is 3.18. The van der Waals surface area contributed by atoms with Crippen LogP contribution in [0.4, 0.5) is 0 Å². The minimum Gasteiger partial charge on any atom is -0.464 e. The van der Waals surface area contributed by atoms with E-state index in [2.05, 4.69) is 83.2 Å². The highest BCUT2D eigenvalue weighted by Gasteiger charge is 2.22. The molecule has 0 saturated heterocycles. The Kier molecular flexibility index (Phi) is 3.91. The first-order chi connectivity index (χ1) is 12.3. The summed E-state index contributed by atoms with van der Waals surface area (Å²) in [4.78, 5) is 0. The second-order valence-corrected chi connectivity index (χ2v) is 8.42. The van der Waals surface area contributed by atoms with E-state index in [-0.39, 0.29) is 5.41 Å². The van der Waals surface area contributed by atoms with Crippen molar-refractivity contribution in [3.05, 3.63) is 82.3 Å². The summed E-state index contributed by atoms with van der Waals surface area (Å²) in [7, 11) is 0. The first kappa shape index (κ1) is 16.9. The van der Waals surface area contributed by atoms with Crippen LogP contribution < -0.4 is 0 Å². The van der Waals surface area contributed by atoms with Crippen molar-refractivity contribution in [1.82, 2.24) is 0 Å². The predicted octanol–water partition coefficient (Wildman–Crippen LogP) is 6.96. The molecule has 0 spiro atoms. The van der Waals surface area contributed by atoms with Gasteiger partial charge in [0.1, 0.15) is 5.76 Å². The summed E-state index contributed by atoms with van der Waals surface area (Å²) >= 11 is 0. The molecule has 0 unspecified atom stereocenters. The lowest BCUT2D eigenvalue weighted by molar-refractivity contribution is 0.548. The Morgan fingerprint density at radius 3 is 2.27 bits per heavy atom. The molecule has 1 heteroatoms. The van der Waals surface area contributed by atoms with Gasteiger partial charge in [-0.25, -0.2) is 0 Å². The van der Waals surface area contributed by atoms with E-state index >= 15 is 0 Å². The lowest BCUT2D eigenvalue weighted by atomic mass is 9.85. The Labute approximate surface area is 156 Å². The van der Waals surface area contributed by atoms with Gasteiger partial charge in [0.25, 0.3) is 0 Å². The van der Waals surface area contributed by atoms with Crippen LogP contribution in [-0.4, -0.2) is 0 Å². The van der Waals surface area contributed by atoms with Crippen molar-refractivity contribution >= 4 is 11.6 Å². The van der Waals surface area contributed by atoms with E-state index in [0.717, 1.165) is 12.2 Å². The number of hydrogen-bond donors (Lipinski definition) is 0. The third-order valence-corrected chi connectivity index (χ3v) is 5.55. The molecule has 1 heterocycles. The molecule has 132 valence electrons. The summed E-state index contributed by atoms with van der Waals surface area (Å²) in [6.45, 7) is 11.0. The van der Waals surface area contributed by atoms with Crippen LogP contribution in [0.5, 0.6) is 0 Å². The van der Waals surface area contributed by atoms with Gasteiger partial charge in [0, 0.05) is 12.0 Å². The van der Waals surface area contributed by atoms with E-state index < -0.39 is 0 Å². The van der Waals surface area contributed by atoms with E-state index in [1.54, 1.807) is 0 Å². The lowest BCUT2D eigenvalue weighted by Crippen LogP contribution is -2.10. The first-order valence-corrected chi connectivity index (χ1v) is 9.33. The maximum atomic E-state index is 5.84. The van der Waals surface area contributed by atoms with E-state index in [0.29, 0.717) is 0 Å². The molecule has 1 aliphatic rings. The minimum atomic E-state index is 0.181. The zero-order valence-electron chi connectivity index (χ0n) is 16.3. The zero-order chi connectivity index (χ0) is 18.5. The van der Waals surface area contributed by atoms with Gasteiger partial charge >= 0.3 is 0 Å². The smallest absolute Gasteiger partial charge is 0.133 e. The first-order valence-electron chi connectivity index (χ1n) is 9.33. The van der Waals surface area contributed by atoms with E-state index in [1.807, 2.05) is 6.26 Å². The van der Waals surface area contributed by atoms with Crippen LogP contribution in [0.25, 0.3) is 22.8 Å². The Morgan fingerprint density at radius 2 is 1.65 bits per heavy atom. The van der Waals surface area contributed by atoms with Gasteiger partial charge in [-0.1, -0.05) is 63.2 Å². The quantitative estimate of drug-likeness (QED) is 0.491. The molecule has 0 atom stereocenters. The molecule has 0 N–H and O–H groups in total. The number of benzene rings is 2. The van der Waals surface area contributed by atoms with Crippen molar-refractivity contribution in [2.45, 2.75) is 46.5 Å². The maximum Gasteiger partial charge on any atom is 0.133 e. The highest BCUT2D eigenvalue weighted by Crippen LogP contribution is 2.39. The fourth-order valence-electron chi connectivity index (χ4n) is 3.75. The van der Waals surface area contributed by atoms with Crippen LogP contribution in [0, 0.1) is 13.8 Å². The van der Waals surface area contributed by atoms with Crippen molar-refractivity contribution < 1.29 is 4.42 Å². The van der Waals surface area contributed by atoms with Crippen molar-refractivity contribution in [3.8, 4) is 11.1 Å². The van der Waals surface area contributed by atoms with E-state index in [4.69, 9.17) is 4.42 Å². The standard InChI is InChI=1S/C25H26O/c1-16-15-26-24(17(16)2)20-13-19-7-6-8-22(23(19)14-20)18-9-11-21(12-10-18)25(3,4)5/h6-13,15H,14H2,1-5H3. The summed E-state index contributed by atoms with van der Waals surface area (Å²) in [6.07, 6.45) is 5.08. The van der Waals surface area contributed by atoms with Crippen molar-refractivity contribution in [1.29, 1.82) is 0 Å². The third kappa shape index (κ3) is 2.82. The van der Waals surface area contributed by atoms with E-state index in [1.165, 1.54) is 44.5 Å². The number of hydrogen-bond acceptors (Lipinski definition) is 1. The highest BCUT2D eigenvalue weighted by atomic mass is 16.3. The van der Waals surface area contributed by atoms with Crippen LogP contribution in [0.15, 0.2) is 53.1 Å². The molecule has 0 bridgehead atoms. The summed E-state index contributed by atoms with van der Waals surface area (Å²) in [5.74, 6) is 1.03. The van der Waals surface area contributed by atoms with E-state index in [9.17, 15) is 0 Å².